The molecule has 2 amide bonds. The quantitative estimate of drug-likeness (QED) is 0.862. The van der Waals surface area contributed by atoms with Gasteiger partial charge < -0.3 is 10.6 Å². The van der Waals surface area contributed by atoms with Crippen LogP contribution in [-0.2, 0) is 6.42 Å². The van der Waals surface area contributed by atoms with E-state index in [-0.39, 0.29) is 5.92 Å². The van der Waals surface area contributed by atoms with Crippen LogP contribution in [0.1, 0.15) is 37.8 Å². The minimum atomic E-state index is -4.41. The predicted octanol–water partition coefficient (Wildman–Crippen LogP) is 4.06. The third kappa shape index (κ3) is 4.75. The van der Waals surface area contributed by atoms with Gasteiger partial charge in [0, 0.05) is 5.69 Å². The van der Waals surface area contributed by atoms with Gasteiger partial charge in [0.25, 0.3) is 0 Å². The number of amides is 2. The molecule has 0 aromatic heterocycles. The van der Waals surface area contributed by atoms with Crippen LogP contribution in [0, 0.1) is 0 Å². The molecule has 1 aromatic rings. The molecule has 1 aromatic carbocycles. The number of alkyl halides is 3. The Morgan fingerprint density at radius 3 is 2.45 bits per heavy atom. The number of nitrogens with one attached hydrogen (secondary N) is 2. The Balaban J connectivity index is 2.87. The highest BCUT2D eigenvalue weighted by atomic mass is 19.4. The summed E-state index contributed by atoms with van der Waals surface area (Å²) < 4.78 is 36.2. The van der Waals surface area contributed by atoms with E-state index >= 15 is 0 Å². The molecular weight excluding hydrogens is 269 g/mol. The van der Waals surface area contributed by atoms with E-state index in [9.17, 15) is 18.0 Å². The fourth-order valence-corrected chi connectivity index (χ4v) is 1.89. The molecule has 0 aliphatic rings. The molecule has 0 atom stereocenters. The maximum atomic E-state index is 12.1. The Morgan fingerprint density at radius 1 is 1.30 bits per heavy atom. The fraction of sp³-hybridized carbons (Fsp3) is 0.500. The first-order chi connectivity index (χ1) is 9.24. The SMILES string of the molecule is CCc1cccc(C(C)C)c1NC(=O)NCC(F)(F)F. The van der Waals surface area contributed by atoms with Gasteiger partial charge in [-0.15, -0.1) is 0 Å². The van der Waals surface area contributed by atoms with Gasteiger partial charge in [-0.2, -0.15) is 13.2 Å². The predicted molar refractivity (Wildman–Crippen MR) is 73.0 cm³/mol. The van der Waals surface area contributed by atoms with E-state index in [1.165, 1.54) is 0 Å². The second-order valence-electron chi connectivity index (χ2n) is 4.81. The third-order valence-electron chi connectivity index (χ3n) is 2.87. The van der Waals surface area contributed by atoms with Crippen LogP contribution < -0.4 is 10.6 Å². The number of hydrogen-bond donors (Lipinski definition) is 2. The van der Waals surface area contributed by atoms with Gasteiger partial charge >= 0.3 is 12.2 Å². The van der Waals surface area contributed by atoms with Gasteiger partial charge in [-0.25, -0.2) is 4.79 Å². The lowest BCUT2D eigenvalue weighted by atomic mass is 9.97. The molecule has 0 saturated heterocycles. The molecule has 2 N–H and O–H groups in total. The average Bonchev–Trinajstić information content (AvgIpc) is 2.35. The number of benzene rings is 1. The summed E-state index contributed by atoms with van der Waals surface area (Å²) >= 11 is 0. The maximum absolute atomic E-state index is 12.1. The largest absolute Gasteiger partial charge is 0.405 e. The average molecular weight is 288 g/mol. The zero-order chi connectivity index (χ0) is 15.3. The van der Waals surface area contributed by atoms with E-state index in [2.05, 4.69) is 5.32 Å². The number of aryl methyl sites for hydroxylation is 1. The Hall–Kier alpha value is -1.72. The third-order valence-corrected chi connectivity index (χ3v) is 2.87. The monoisotopic (exact) mass is 288 g/mol. The Labute approximate surface area is 116 Å². The van der Waals surface area contributed by atoms with Crippen LogP contribution in [0.5, 0.6) is 0 Å². The first kappa shape index (κ1) is 16.3. The smallest absolute Gasteiger partial charge is 0.329 e. The van der Waals surface area contributed by atoms with Crippen molar-refractivity contribution in [2.45, 2.75) is 39.3 Å². The summed E-state index contributed by atoms with van der Waals surface area (Å²) in [5.41, 5.74) is 2.41. The number of para-hydroxylation sites is 1. The van der Waals surface area contributed by atoms with Crippen LogP contribution in [0.4, 0.5) is 23.7 Å². The molecule has 0 heterocycles. The number of carbonyl (C=O) groups excluding carboxylic acids is 1. The minimum absolute atomic E-state index is 0.166. The van der Waals surface area contributed by atoms with Crippen LogP contribution in [0.15, 0.2) is 18.2 Å². The van der Waals surface area contributed by atoms with E-state index in [0.717, 1.165) is 11.1 Å². The van der Waals surface area contributed by atoms with Crippen LogP contribution >= 0.6 is 0 Å². The molecule has 0 radical (unpaired) electrons. The maximum Gasteiger partial charge on any atom is 0.405 e. The lowest BCUT2D eigenvalue weighted by Gasteiger charge is -2.18. The molecule has 0 fully saturated rings. The molecule has 0 aliphatic heterocycles. The molecule has 20 heavy (non-hydrogen) atoms. The Bertz CT molecular complexity index is 470. The number of urea groups is 1. The molecule has 0 bridgehead atoms. The number of hydrogen-bond acceptors (Lipinski definition) is 1. The highest BCUT2D eigenvalue weighted by molar-refractivity contribution is 5.91. The lowest BCUT2D eigenvalue weighted by molar-refractivity contribution is -0.122. The van der Waals surface area contributed by atoms with Gasteiger partial charge in [0.15, 0.2) is 0 Å². The Morgan fingerprint density at radius 2 is 1.95 bits per heavy atom. The summed E-state index contributed by atoms with van der Waals surface area (Å²) in [6.45, 7) is 4.52. The van der Waals surface area contributed by atoms with Crippen molar-refractivity contribution in [1.29, 1.82) is 0 Å². The lowest BCUT2D eigenvalue weighted by Crippen LogP contribution is -2.37. The second-order valence-corrected chi connectivity index (χ2v) is 4.81. The van der Waals surface area contributed by atoms with Crippen LogP contribution in [0.25, 0.3) is 0 Å². The fourth-order valence-electron chi connectivity index (χ4n) is 1.89. The summed E-state index contributed by atoms with van der Waals surface area (Å²) in [7, 11) is 0. The van der Waals surface area contributed by atoms with Crippen molar-refractivity contribution in [1.82, 2.24) is 5.32 Å². The van der Waals surface area contributed by atoms with Crippen molar-refractivity contribution in [2.24, 2.45) is 0 Å². The van der Waals surface area contributed by atoms with Crippen molar-refractivity contribution in [2.75, 3.05) is 11.9 Å². The standard InChI is InChI=1S/C14H19F3N2O/c1-4-10-6-5-7-11(9(2)3)12(10)19-13(20)18-8-14(15,16)17/h5-7,9H,4,8H2,1-3H3,(H2,18,19,20). The van der Waals surface area contributed by atoms with E-state index < -0.39 is 18.8 Å². The van der Waals surface area contributed by atoms with Gasteiger partial charge in [0.1, 0.15) is 6.54 Å². The summed E-state index contributed by atoms with van der Waals surface area (Å²) in [4.78, 5) is 11.6. The molecule has 6 heteroatoms. The van der Waals surface area contributed by atoms with Crippen molar-refractivity contribution in [3.05, 3.63) is 29.3 Å². The first-order valence-corrected chi connectivity index (χ1v) is 6.48. The van der Waals surface area contributed by atoms with Crippen molar-refractivity contribution >= 4 is 11.7 Å². The molecule has 0 saturated carbocycles. The Kier molecular flexibility index (Phi) is 5.42. The topological polar surface area (TPSA) is 41.1 Å². The van der Waals surface area contributed by atoms with E-state index in [0.29, 0.717) is 12.1 Å². The second kappa shape index (κ2) is 6.63. The first-order valence-electron chi connectivity index (χ1n) is 6.48. The normalized spacial score (nSPS) is 11.6. The molecule has 1 rings (SSSR count). The number of anilines is 1. The highest BCUT2D eigenvalue weighted by Crippen LogP contribution is 2.28. The van der Waals surface area contributed by atoms with E-state index in [1.807, 2.05) is 44.3 Å². The van der Waals surface area contributed by atoms with E-state index in [4.69, 9.17) is 0 Å². The number of carbonyl (C=O) groups is 1. The van der Waals surface area contributed by atoms with Crippen LogP contribution in [-0.4, -0.2) is 18.8 Å². The van der Waals surface area contributed by atoms with Gasteiger partial charge in [-0.05, 0) is 23.5 Å². The van der Waals surface area contributed by atoms with Gasteiger partial charge in [-0.3, -0.25) is 0 Å². The molecule has 0 aliphatic carbocycles. The van der Waals surface area contributed by atoms with Crippen molar-refractivity contribution in [3.8, 4) is 0 Å². The van der Waals surface area contributed by atoms with Crippen molar-refractivity contribution in [3.63, 3.8) is 0 Å². The summed E-state index contributed by atoms with van der Waals surface area (Å²) in [5.74, 6) is 0.166. The van der Waals surface area contributed by atoms with Crippen LogP contribution in [0.3, 0.4) is 0 Å². The van der Waals surface area contributed by atoms with Gasteiger partial charge in [0.2, 0.25) is 0 Å². The van der Waals surface area contributed by atoms with Gasteiger partial charge in [0.05, 0.1) is 0 Å². The van der Waals surface area contributed by atoms with E-state index in [1.54, 1.807) is 0 Å². The molecule has 0 spiro atoms. The van der Waals surface area contributed by atoms with Gasteiger partial charge in [-0.1, -0.05) is 39.0 Å². The molecule has 3 nitrogen and oxygen atoms in total. The number of rotatable bonds is 4. The summed E-state index contributed by atoms with van der Waals surface area (Å²) in [6, 6.07) is 4.76. The molecular formula is C14H19F3N2O. The zero-order valence-corrected chi connectivity index (χ0v) is 11.8. The zero-order valence-electron chi connectivity index (χ0n) is 11.8. The summed E-state index contributed by atoms with van der Waals surface area (Å²) in [6.07, 6.45) is -3.72. The summed E-state index contributed by atoms with van der Waals surface area (Å²) in [5, 5.41) is 4.35. The molecule has 112 valence electrons. The highest BCUT2D eigenvalue weighted by Gasteiger charge is 2.27. The van der Waals surface area contributed by atoms with Crippen LogP contribution in [0.2, 0.25) is 0 Å². The minimum Gasteiger partial charge on any atom is -0.329 e. The number of halogens is 3. The molecule has 0 unspecified atom stereocenters. The van der Waals surface area contributed by atoms with Crippen molar-refractivity contribution < 1.29 is 18.0 Å².